The fraction of sp³-hybridized carbons (Fsp3) is 0.400. The maximum atomic E-state index is 5.69. The molecule has 0 spiro atoms. The molecule has 0 bridgehead atoms. The molecule has 0 aromatic heterocycles. The Morgan fingerprint density at radius 1 is 1.25 bits per heavy atom. The van der Waals surface area contributed by atoms with Crippen LogP contribution in [0.3, 0.4) is 0 Å². The first kappa shape index (κ1) is 9.88. The Morgan fingerprint density at radius 2 is 1.92 bits per heavy atom. The molecule has 2 heteroatoms. The highest BCUT2D eigenvalue weighted by atomic mass is 35.5. The molecule has 0 aliphatic carbocycles. The van der Waals surface area contributed by atoms with E-state index >= 15 is 0 Å². The molecule has 1 aromatic carbocycles. The van der Waals surface area contributed by atoms with Crippen LogP contribution >= 0.6 is 23.2 Å². The lowest BCUT2D eigenvalue weighted by Gasteiger charge is -2.06. The van der Waals surface area contributed by atoms with Gasteiger partial charge in [-0.2, -0.15) is 0 Å². The van der Waals surface area contributed by atoms with E-state index in [0.29, 0.717) is 0 Å². The summed E-state index contributed by atoms with van der Waals surface area (Å²) in [5.41, 5.74) is 3.77. The number of alkyl halides is 2. The third-order valence-corrected chi connectivity index (χ3v) is 2.18. The van der Waals surface area contributed by atoms with Crippen molar-refractivity contribution >= 4 is 23.2 Å². The predicted molar refractivity (Wildman–Crippen MR) is 55.1 cm³/mol. The van der Waals surface area contributed by atoms with Gasteiger partial charge in [0.05, 0.1) is 0 Å². The summed E-state index contributed by atoms with van der Waals surface area (Å²) in [6.07, 6.45) is 0.731. The lowest BCUT2D eigenvalue weighted by molar-refractivity contribution is 1.06. The highest BCUT2D eigenvalue weighted by molar-refractivity contribution is 6.44. The van der Waals surface area contributed by atoms with E-state index in [9.17, 15) is 0 Å². The van der Waals surface area contributed by atoms with Gasteiger partial charge >= 0.3 is 0 Å². The van der Waals surface area contributed by atoms with Crippen LogP contribution < -0.4 is 0 Å². The Labute approximate surface area is 83.5 Å². The van der Waals surface area contributed by atoms with Gasteiger partial charge in [0, 0.05) is 6.42 Å². The summed E-state index contributed by atoms with van der Waals surface area (Å²) >= 11 is 11.4. The predicted octanol–water partition coefficient (Wildman–Crippen LogP) is 3.65. The van der Waals surface area contributed by atoms with Gasteiger partial charge in [0.15, 0.2) is 0 Å². The van der Waals surface area contributed by atoms with Crippen LogP contribution in [-0.4, -0.2) is 4.84 Å². The van der Waals surface area contributed by atoms with E-state index in [2.05, 4.69) is 32.0 Å². The molecule has 0 aliphatic heterocycles. The number of hydrogen-bond donors (Lipinski definition) is 0. The number of benzene rings is 1. The van der Waals surface area contributed by atoms with E-state index in [-0.39, 0.29) is 4.84 Å². The molecule has 1 rings (SSSR count). The van der Waals surface area contributed by atoms with Gasteiger partial charge in [-0.3, -0.25) is 0 Å². The summed E-state index contributed by atoms with van der Waals surface area (Å²) in [6.45, 7) is 4.16. The zero-order valence-electron chi connectivity index (χ0n) is 7.27. The molecule has 0 radical (unpaired) electrons. The van der Waals surface area contributed by atoms with Crippen LogP contribution in [0.25, 0.3) is 0 Å². The van der Waals surface area contributed by atoms with Gasteiger partial charge < -0.3 is 0 Å². The van der Waals surface area contributed by atoms with Gasteiger partial charge in [-0.05, 0) is 25.0 Å². The molecule has 1 aromatic rings. The van der Waals surface area contributed by atoms with Crippen LogP contribution in [0, 0.1) is 13.8 Å². The molecule has 0 amide bonds. The summed E-state index contributed by atoms with van der Waals surface area (Å²) in [4.78, 5) is -0.300. The average molecular weight is 203 g/mol. The summed E-state index contributed by atoms with van der Waals surface area (Å²) in [5, 5.41) is 0. The number of rotatable bonds is 2. The maximum Gasteiger partial charge on any atom is 0.111 e. The van der Waals surface area contributed by atoms with E-state index in [1.54, 1.807) is 0 Å². The van der Waals surface area contributed by atoms with Crippen molar-refractivity contribution in [1.29, 1.82) is 0 Å². The second-order valence-electron chi connectivity index (χ2n) is 3.03. The minimum atomic E-state index is -0.300. The van der Waals surface area contributed by atoms with E-state index in [4.69, 9.17) is 23.2 Å². The van der Waals surface area contributed by atoms with Crippen LogP contribution in [0.4, 0.5) is 0 Å². The molecule has 0 aliphatic rings. The first-order valence-electron chi connectivity index (χ1n) is 3.94. The molecule has 0 nitrogen and oxygen atoms in total. The van der Waals surface area contributed by atoms with Crippen LogP contribution in [-0.2, 0) is 6.42 Å². The molecular formula is C10H12Cl2. The van der Waals surface area contributed by atoms with Gasteiger partial charge in [-0.15, -0.1) is 23.2 Å². The lowest BCUT2D eigenvalue weighted by atomic mass is 10.0. The first-order chi connectivity index (χ1) is 5.59. The quantitative estimate of drug-likeness (QED) is 0.643. The minimum absolute atomic E-state index is 0.300. The molecule has 0 saturated carbocycles. The highest BCUT2D eigenvalue weighted by Crippen LogP contribution is 2.16. The average Bonchev–Trinajstić information content (AvgIpc) is 1.94. The minimum Gasteiger partial charge on any atom is -0.105 e. The molecule has 0 saturated heterocycles. The van der Waals surface area contributed by atoms with Crippen molar-refractivity contribution < 1.29 is 0 Å². The van der Waals surface area contributed by atoms with Crippen LogP contribution in [0.1, 0.15) is 16.7 Å². The second kappa shape index (κ2) is 4.15. The fourth-order valence-electron chi connectivity index (χ4n) is 1.24. The first-order valence-corrected chi connectivity index (χ1v) is 4.81. The maximum absolute atomic E-state index is 5.69. The summed E-state index contributed by atoms with van der Waals surface area (Å²) < 4.78 is 0. The van der Waals surface area contributed by atoms with Crippen LogP contribution in [0.15, 0.2) is 18.2 Å². The van der Waals surface area contributed by atoms with Crippen molar-refractivity contribution in [3.8, 4) is 0 Å². The number of hydrogen-bond acceptors (Lipinski definition) is 0. The zero-order valence-corrected chi connectivity index (χ0v) is 8.78. The molecular weight excluding hydrogens is 191 g/mol. The van der Waals surface area contributed by atoms with E-state index in [1.807, 2.05) is 0 Å². The van der Waals surface area contributed by atoms with E-state index < -0.39 is 0 Å². The summed E-state index contributed by atoms with van der Waals surface area (Å²) in [7, 11) is 0. The molecule has 12 heavy (non-hydrogen) atoms. The SMILES string of the molecule is Cc1ccc(CC(Cl)Cl)c(C)c1. The third-order valence-electron chi connectivity index (χ3n) is 1.87. The van der Waals surface area contributed by atoms with Gasteiger partial charge in [0.1, 0.15) is 4.84 Å². The Morgan fingerprint density at radius 3 is 2.42 bits per heavy atom. The molecule has 0 unspecified atom stereocenters. The van der Waals surface area contributed by atoms with Gasteiger partial charge in [0.25, 0.3) is 0 Å². The van der Waals surface area contributed by atoms with Crippen LogP contribution in [0.2, 0.25) is 0 Å². The highest BCUT2D eigenvalue weighted by Gasteiger charge is 2.03. The topological polar surface area (TPSA) is 0 Å². The lowest BCUT2D eigenvalue weighted by Crippen LogP contribution is -1.96. The molecule has 0 fully saturated rings. The van der Waals surface area contributed by atoms with E-state index in [0.717, 1.165) is 6.42 Å². The third kappa shape index (κ3) is 2.69. The molecule has 66 valence electrons. The monoisotopic (exact) mass is 202 g/mol. The Bertz CT molecular complexity index is 267. The zero-order chi connectivity index (χ0) is 9.14. The van der Waals surface area contributed by atoms with Crippen molar-refractivity contribution in [3.63, 3.8) is 0 Å². The summed E-state index contributed by atoms with van der Waals surface area (Å²) in [6, 6.07) is 6.31. The van der Waals surface area contributed by atoms with E-state index in [1.165, 1.54) is 16.7 Å². The molecule has 0 heterocycles. The van der Waals surface area contributed by atoms with Crippen molar-refractivity contribution in [2.24, 2.45) is 0 Å². The Balaban J connectivity index is 2.86. The van der Waals surface area contributed by atoms with Crippen molar-refractivity contribution in [1.82, 2.24) is 0 Å². The summed E-state index contributed by atoms with van der Waals surface area (Å²) in [5.74, 6) is 0. The standard InChI is InChI=1S/C10H12Cl2/c1-7-3-4-9(6-10(11)12)8(2)5-7/h3-5,10H,6H2,1-2H3. The number of aryl methyl sites for hydroxylation is 2. The van der Waals surface area contributed by atoms with Gasteiger partial charge in [-0.25, -0.2) is 0 Å². The van der Waals surface area contributed by atoms with Crippen molar-refractivity contribution in [2.75, 3.05) is 0 Å². The number of halogens is 2. The Kier molecular flexibility index (Phi) is 3.42. The largest absolute Gasteiger partial charge is 0.111 e. The normalized spacial score (nSPS) is 10.8. The molecule has 0 atom stereocenters. The van der Waals surface area contributed by atoms with Crippen molar-refractivity contribution in [2.45, 2.75) is 25.1 Å². The van der Waals surface area contributed by atoms with Gasteiger partial charge in [-0.1, -0.05) is 23.8 Å². The van der Waals surface area contributed by atoms with Crippen LogP contribution in [0.5, 0.6) is 0 Å². The van der Waals surface area contributed by atoms with Gasteiger partial charge in [0.2, 0.25) is 0 Å². The fourth-order valence-corrected chi connectivity index (χ4v) is 1.57. The Hall–Kier alpha value is -0.200. The molecule has 0 N–H and O–H groups in total. The van der Waals surface area contributed by atoms with Crippen molar-refractivity contribution in [3.05, 3.63) is 34.9 Å². The second-order valence-corrected chi connectivity index (χ2v) is 4.30. The smallest absolute Gasteiger partial charge is 0.105 e.